The minimum atomic E-state index is 0.631. The summed E-state index contributed by atoms with van der Waals surface area (Å²) in [4.78, 5) is 4.04. The third-order valence-corrected chi connectivity index (χ3v) is 2.13. The molecule has 0 fully saturated rings. The van der Waals surface area contributed by atoms with E-state index >= 15 is 0 Å². The molecule has 72 valence electrons. The summed E-state index contributed by atoms with van der Waals surface area (Å²) in [5.41, 5.74) is 1.47. The fourth-order valence-corrected chi connectivity index (χ4v) is 1.41. The number of hydrogen-bond donors (Lipinski definition) is 0. The van der Waals surface area contributed by atoms with E-state index in [0.717, 1.165) is 10.8 Å². The molecule has 1 heterocycles. The normalized spacial score (nSPS) is 24.9. The van der Waals surface area contributed by atoms with Gasteiger partial charge in [-0.3, -0.25) is 4.57 Å². The van der Waals surface area contributed by atoms with Crippen LogP contribution in [0.5, 0.6) is 0 Å². The quantitative estimate of drug-likeness (QED) is 0.556. The van der Waals surface area contributed by atoms with E-state index in [0.29, 0.717) is 5.68 Å². The molecule has 0 amide bonds. The molecule has 0 bridgehead atoms. The molecule has 1 aromatic rings. The zero-order valence-electron chi connectivity index (χ0n) is 8.27. The summed E-state index contributed by atoms with van der Waals surface area (Å²) < 4.78 is 7.47. The van der Waals surface area contributed by atoms with Crippen LogP contribution in [0.4, 0.5) is 0 Å². The van der Waals surface area contributed by atoms with Crippen molar-refractivity contribution in [3.8, 4) is 0 Å². The van der Waals surface area contributed by atoms with E-state index in [1.807, 2.05) is 48.1 Å². The molecule has 1 aromatic heterocycles. The molecule has 2 rings (SSSR count). The highest BCUT2D eigenvalue weighted by Crippen LogP contribution is 1.82. The fourth-order valence-electron chi connectivity index (χ4n) is 1.41. The Labute approximate surface area is 81.7 Å². The first-order valence-electron chi connectivity index (χ1n) is 4.47. The number of allylic oxidation sites excluding steroid dienone is 4. The highest BCUT2D eigenvalue weighted by atomic mass is 16.3. The number of hydrogen-bond acceptors (Lipinski definition) is 2. The SMILES string of the molecule is CN=c1oc2/c(n1C)=C\C=C/C=C\C=2. The molecule has 0 aliphatic heterocycles. The van der Waals surface area contributed by atoms with Gasteiger partial charge in [-0.05, 0) is 12.2 Å². The Kier molecular flexibility index (Phi) is 2.23. The van der Waals surface area contributed by atoms with Gasteiger partial charge in [0.2, 0.25) is 0 Å². The lowest BCUT2D eigenvalue weighted by molar-refractivity contribution is 0.452. The van der Waals surface area contributed by atoms with Gasteiger partial charge < -0.3 is 4.42 Å². The highest BCUT2D eigenvalue weighted by Gasteiger charge is 1.97. The van der Waals surface area contributed by atoms with Crippen molar-refractivity contribution in [2.45, 2.75) is 0 Å². The van der Waals surface area contributed by atoms with E-state index in [4.69, 9.17) is 4.42 Å². The highest BCUT2D eigenvalue weighted by molar-refractivity contribution is 5.44. The van der Waals surface area contributed by atoms with Crippen LogP contribution in [-0.4, -0.2) is 11.6 Å². The number of rotatable bonds is 0. The van der Waals surface area contributed by atoms with Crippen molar-refractivity contribution in [3.63, 3.8) is 0 Å². The van der Waals surface area contributed by atoms with Gasteiger partial charge in [-0.1, -0.05) is 24.3 Å². The fraction of sp³-hybridized carbons (Fsp3) is 0.182. The lowest BCUT2D eigenvalue weighted by atomic mass is 10.3. The minimum Gasteiger partial charge on any atom is -0.424 e. The van der Waals surface area contributed by atoms with E-state index in [-0.39, 0.29) is 0 Å². The van der Waals surface area contributed by atoms with Gasteiger partial charge in [-0.2, -0.15) is 0 Å². The molecular weight excluding hydrogens is 176 g/mol. The lowest BCUT2D eigenvalue weighted by Gasteiger charge is -1.87. The Balaban J connectivity index is 2.93. The maximum absolute atomic E-state index is 5.55. The third kappa shape index (κ3) is 1.37. The smallest absolute Gasteiger partial charge is 0.297 e. The first-order chi connectivity index (χ1) is 6.83. The molecule has 0 atom stereocenters. The second kappa shape index (κ2) is 3.54. The summed E-state index contributed by atoms with van der Waals surface area (Å²) in [6, 6.07) is 0. The Morgan fingerprint density at radius 1 is 1.14 bits per heavy atom. The van der Waals surface area contributed by atoms with Crippen LogP contribution in [0, 0.1) is 0 Å². The van der Waals surface area contributed by atoms with Crippen molar-refractivity contribution in [1.29, 1.82) is 0 Å². The van der Waals surface area contributed by atoms with Crippen molar-refractivity contribution in [1.82, 2.24) is 4.57 Å². The number of aromatic nitrogens is 1. The van der Waals surface area contributed by atoms with Crippen LogP contribution < -0.4 is 16.4 Å². The summed E-state index contributed by atoms with van der Waals surface area (Å²) in [5, 5.41) is 1.03. The Hall–Kier alpha value is -1.77. The average molecular weight is 188 g/mol. The number of oxazole rings is 1. The largest absolute Gasteiger partial charge is 0.424 e. The number of nitrogens with zero attached hydrogens (tertiary/aromatic N) is 2. The first kappa shape index (κ1) is 8.81. The van der Waals surface area contributed by atoms with Gasteiger partial charge in [0.1, 0.15) is 0 Å². The summed E-state index contributed by atoms with van der Waals surface area (Å²) in [7, 11) is 3.66. The molecule has 0 radical (unpaired) electrons. The molecule has 0 saturated carbocycles. The average Bonchev–Trinajstić information content (AvgIpc) is 2.42. The second-order valence-electron chi connectivity index (χ2n) is 3.02. The Morgan fingerprint density at radius 2 is 1.86 bits per heavy atom. The molecule has 1 aliphatic rings. The van der Waals surface area contributed by atoms with Crippen molar-refractivity contribution in [3.05, 3.63) is 40.8 Å². The molecule has 0 saturated heterocycles. The summed E-state index contributed by atoms with van der Waals surface area (Å²) in [6.45, 7) is 0. The zero-order chi connectivity index (χ0) is 9.97. The van der Waals surface area contributed by atoms with Gasteiger partial charge in [0.15, 0.2) is 5.42 Å². The summed E-state index contributed by atoms with van der Waals surface area (Å²) >= 11 is 0. The van der Waals surface area contributed by atoms with E-state index in [9.17, 15) is 0 Å². The molecule has 0 N–H and O–H groups in total. The monoisotopic (exact) mass is 188 g/mol. The van der Waals surface area contributed by atoms with Crippen LogP contribution >= 0.6 is 0 Å². The molecule has 1 aliphatic carbocycles. The van der Waals surface area contributed by atoms with Crippen molar-refractivity contribution in [2.24, 2.45) is 12.0 Å². The van der Waals surface area contributed by atoms with Crippen molar-refractivity contribution >= 4 is 12.2 Å². The maximum Gasteiger partial charge on any atom is 0.297 e. The van der Waals surface area contributed by atoms with Crippen LogP contribution in [0.1, 0.15) is 0 Å². The summed E-state index contributed by atoms with van der Waals surface area (Å²) in [6.07, 6.45) is 11.8. The van der Waals surface area contributed by atoms with Crippen LogP contribution in [0.15, 0.2) is 33.7 Å². The van der Waals surface area contributed by atoms with Crippen LogP contribution in [0.25, 0.3) is 12.2 Å². The van der Waals surface area contributed by atoms with Crippen LogP contribution in [0.2, 0.25) is 0 Å². The lowest BCUT2D eigenvalue weighted by Crippen LogP contribution is -2.29. The predicted octanol–water partition coefficient (Wildman–Crippen LogP) is -0.164. The Morgan fingerprint density at radius 3 is 2.57 bits per heavy atom. The van der Waals surface area contributed by atoms with Gasteiger partial charge >= 0.3 is 0 Å². The topological polar surface area (TPSA) is 30.4 Å². The molecule has 0 aromatic carbocycles. The van der Waals surface area contributed by atoms with E-state index in [1.165, 1.54) is 0 Å². The van der Waals surface area contributed by atoms with Crippen molar-refractivity contribution in [2.75, 3.05) is 7.05 Å². The van der Waals surface area contributed by atoms with E-state index < -0.39 is 0 Å². The molecule has 0 unspecified atom stereocenters. The standard InChI is InChI=1S/C11H12N2O/c1-12-11-13(2)9-7-5-3-4-6-8-10(9)14-11/h3-8H,1-2H3/b4-3?,5-3-,6-4-,7-5?,8-6?,9-7+,10-8+,12-11?. The third-order valence-electron chi connectivity index (χ3n) is 2.13. The van der Waals surface area contributed by atoms with Gasteiger partial charge in [0.25, 0.3) is 5.68 Å². The van der Waals surface area contributed by atoms with Crippen LogP contribution in [-0.2, 0) is 7.05 Å². The maximum atomic E-state index is 5.55. The second-order valence-corrected chi connectivity index (χ2v) is 3.02. The van der Waals surface area contributed by atoms with Gasteiger partial charge in [-0.25, -0.2) is 4.99 Å². The van der Waals surface area contributed by atoms with Gasteiger partial charge in [0.05, 0.1) is 5.35 Å². The first-order valence-corrected chi connectivity index (χ1v) is 4.47. The van der Waals surface area contributed by atoms with E-state index in [1.54, 1.807) is 7.05 Å². The number of fused-ring (bicyclic) bond motifs is 1. The molecule has 14 heavy (non-hydrogen) atoms. The van der Waals surface area contributed by atoms with Gasteiger partial charge in [0, 0.05) is 14.1 Å². The molecule has 3 nitrogen and oxygen atoms in total. The zero-order valence-corrected chi connectivity index (χ0v) is 8.27. The molecule has 3 heteroatoms. The summed E-state index contributed by atoms with van der Waals surface area (Å²) in [5.74, 6) is 0. The minimum absolute atomic E-state index is 0.631. The Bertz CT molecular complexity index is 567. The molecular formula is C11H12N2O. The van der Waals surface area contributed by atoms with Gasteiger partial charge in [-0.15, -0.1) is 0 Å². The van der Waals surface area contributed by atoms with E-state index in [2.05, 4.69) is 4.99 Å². The predicted molar refractivity (Wildman–Crippen MR) is 55.6 cm³/mol. The molecule has 0 spiro atoms. The van der Waals surface area contributed by atoms with Crippen LogP contribution in [0.3, 0.4) is 0 Å². The van der Waals surface area contributed by atoms with Crippen molar-refractivity contribution < 1.29 is 4.42 Å².